The highest BCUT2D eigenvalue weighted by Crippen LogP contribution is 2.30. The molecule has 0 aromatic carbocycles. The summed E-state index contributed by atoms with van der Waals surface area (Å²) >= 11 is 0. The summed E-state index contributed by atoms with van der Waals surface area (Å²) < 4.78 is 7.51. The molecule has 3 aromatic heterocycles. The van der Waals surface area contributed by atoms with E-state index in [-0.39, 0.29) is 0 Å². The topological polar surface area (TPSA) is 47.5 Å². The quantitative estimate of drug-likeness (QED) is 0.659. The number of furan rings is 1. The first-order valence-electron chi connectivity index (χ1n) is 6.12. The predicted octanol–water partition coefficient (Wildman–Crippen LogP) is 3.33. The minimum Gasteiger partial charge on any atom is -0.458 e. The molecule has 0 N–H and O–H groups in total. The van der Waals surface area contributed by atoms with Gasteiger partial charge in [0.15, 0.2) is 12.0 Å². The molecular weight excluding hydrogens is 240 g/mol. The lowest BCUT2D eigenvalue weighted by Gasteiger charge is -2.05. The van der Waals surface area contributed by atoms with Gasteiger partial charge in [0.1, 0.15) is 11.4 Å². The molecule has 0 fully saturated rings. The number of aldehydes is 1. The molecular formula is C15H14N2O2. The number of fused-ring (bicyclic) bond motifs is 1. The molecule has 0 radical (unpaired) electrons. The Hall–Kier alpha value is -2.36. The van der Waals surface area contributed by atoms with Crippen molar-refractivity contribution in [3.8, 4) is 11.3 Å². The molecule has 19 heavy (non-hydrogen) atoms. The summed E-state index contributed by atoms with van der Waals surface area (Å²) in [6.07, 6.45) is 0.724. The number of hydrogen-bond donors (Lipinski definition) is 0. The van der Waals surface area contributed by atoms with E-state index in [4.69, 9.17) is 4.42 Å². The first-order chi connectivity index (χ1) is 9.11. The molecule has 0 aliphatic heterocycles. The van der Waals surface area contributed by atoms with Crippen molar-refractivity contribution in [2.24, 2.45) is 0 Å². The van der Waals surface area contributed by atoms with Crippen LogP contribution in [0.2, 0.25) is 0 Å². The third-order valence-corrected chi connectivity index (χ3v) is 3.32. The van der Waals surface area contributed by atoms with Crippen molar-refractivity contribution < 1.29 is 9.21 Å². The Kier molecular flexibility index (Phi) is 2.52. The summed E-state index contributed by atoms with van der Waals surface area (Å²) in [7, 11) is 0. The molecule has 3 aromatic rings. The van der Waals surface area contributed by atoms with E-state index >= 15 is 0 Å². The van der Waals surface area contributed by atoms with Crippen molar-refractivity contribution in [3.63, 3.8) is 0 Å². The van der Waals surface area contributed by atoms with Crippen molar-refractivity contribution in [2.45, 2.75) is 20.8 Å². The van der Waals surface area contributed by atoms with Crippen LogP contribution in [0, 0.1) is 20.8 Å². The summed E-state index contributed by atoms with van der Waals surface area (Å²) in [6.45, 7) is 5.86. The lowest BCUT2D eigenvalue weighted by Crippen LogP contribution is -1.93. The van der Waals surface area contributed by atoms with Crippen molar-refractivity contribution in [2.75, 3.05) is 0 Å². The van der Waals surface area contributed by atoms with Crippen molar-refractivity contribution in [1.29, 1.82) is 0 Å². The number of imidazole rings is 1. The summed E-state index contributed by atoms with van der Waals surface area (Å²) in [5.41, 5.74) is 4.83. The van der Waals surface area contributed by atoms with Crippen LogP contribution in [-0.4, -0.2) is 15.7 Å². The zero-order valence-electron chi connectivity index (χ0n) is 11.1. The van der Waals surface area contributed by atoms with E-state index in [1.165, 1.54) is 0 Å². The third kappa shape index (κ3) is 1.68. The molecule has 0 aliphatic rings. The minimum atomic E-state index is 0.343. The Morgan fingerprint density at radius 3 is 2.74 bits per heavy atom. The molecule has 0 spiro atoms. The molecule has 0 atom stereocenters. The van der Waals surface area contributed by atoms with E-state index in [1.54, 1.807) is 6.07 Å². The van der Waals surface area contributed by atoms with Gasteiger partial charge in [0.2, 0.25) is 0 Å². The van der Waals surface area contributed by atoms with Gasteiger partial charge in [-0.25, -0.2) is 4.98 Å². The Bertz CT molecular complexity index is 781. The summed E-state index contributed by atoms with van der Waals surface area (Å²) in [4.78, 5) is 15.4. The third-order valence-electron chi connectivity index (χ3n) is 3.32. The van der Waals surface area contributed by atoms with Crippen LogP contribution in [0.4, 0.5) is 0 Å². The van der Waals surface area contributed by atoms with Crippen LogP contribution in [0.15, 0.2) is 28.7 Å². The zero-order valence-corrected chi connectivity index (χ0v) is 11.1. The molecule has 96 valence electrons. The second-order valence-corrected chi connectivity index (χ2v) is 4.64. The number of carbonyl (C=O) groups is 1. The van der Waals surface area contributed by atoms with Crippen molar-refractivity contribution in [1.82, 2.24) is 9.38 Å². The summed E-state index contributed by atoms with van der Waals surface area (Å²) in [6, 6.07) is 7.76. The fourth-order valence-corrected chi connectivity index (χ4v) is 2.48. The van der Waals surface area contributed by atoms with E-state index in [9.17, 15) is 4.79 Å². The highest BCUT2D eigenvalue weighted by molar-refractivity contribution is 5.78. The number of aryl methyl sites for hydroxylation is 3. The first-order valence-corrected chi connectivity index (χ1v) is 6.12. The van der Waals surface area contributed by atoms with Crippen LogP contribution in [0.25, 0.3) is 16.9 Å². The van der Waals surface area contributed by atoms with Gasteiger partial charge >= 0.3 is 0 Å². The van der Waals surface area contributed by atoms with Gasteiger partial charge in [0.05, 0.1) is 11.4 Å². The van der Waals surface area contributed by atoms with Crippen molar-refractivity contribution >= 4 is 11.9 Å². The monoisotopic (exact) mass is 254 g/mol. The number of rotatable bonds is 2. The molecule has 0 aliphatic carbocycles. The smallest absolute Gasteiger partial charge is 0.185 e. The van der Waals surface area contributed by atoms with Gasteiger partial charge in [-0.3, -0.25) is 9.20 Å². The molecule has 3 rings (SSSR count). The van der Waals surface area contributed by atoms with Crippen LogP contribution in [0.5, 0.6) is 0 Å². The summed E-state index contributed by atoms with van der Waals surface area (Å²) in [5, 5.41) is 0. The average Bonchev–Trinajstić information content (AvgIpc) is 2.89. The molecule has 3 heterocycles. The van der Waals surface area contributed by atoms with Gasteiger partial charge in [-0.1, -0.05) is 6.07 Å². The van der Waals surface area contributed by atoms with Gasteiger partial charge in [-0.05, 0) is 39.0 Å². The maximum Gasteiger partial charge on any atom is 0.185 e. The normalized spacial score (nSPS) is 11.1. The van der Waals surface area contributed by atoms with Crippen LogP contribution in [-0.2, 0) is 0 Å². The Morgan fingerprint density at radius 2 is 2.05 bits per heavy atom. The molecule has 0 bridgehead atoms. The number of aromatic nitrogens is 2. The van der Waals surface area contributed by atoms with Crippen molar-refractivity contribution in [3.05, 3.63) is 47.2 Å². The van der Waals surface area contributed by atoms with Gasteiger partial charge < -0.3 is 4.42 Å². The molecule has 0 saturated carbocycles. The second kappa shape index (κ2) is 4.09. The maximum absolute atomic E-state index is 10.8. The molecule has 0 unspecified atom stereocenters. The van der Waals surface area contributed by atoms with Gasteiger partial charge in [-0.15, -0.1) is 0 Å². The van der Waals surface area contributed by atoms with Gasteiger partial charge in [-0.2, -0.15) is 0 Å². The van der Waals surface area contributed by atoms with E-state index in [0.717, 1.165) is 40.3 Å². The highest BCUT2D eigenvalue weighted by Gasteiger charge is 2.17. The van der Waals surface area contributed by atoms with Crippen LogP contribution in [0.1, 0.15) is 27.7 Å². The van der Waals surface area contributed by atoms with E-state index in [0.29, 0.717) is 5.76 Å². The standard InChI is InChI=1S/C15H14N2O2/c1-9-5-4-6-14-16-10(2)15(17(9)14)13-7-12(8-18)19-11(13)3/h4-8H,1-3H3. The number of hydrogen-bond acceptors (Lipinski definition) is 3. The first kappa shape index (κ1) is 11.7. The Morgan fingerprint density at radius 1 is 1.26 bits per heavy atom. The van der Waals surface area contributed by atoms with Crippen LogP contribution >= 0.6 is 0 Å². The van der Waals surface area contributed by atoms with E-state index in [1.807, 2.05) is 39.0 Å². The zero-order chi connectivity index (χ0) is 13.6. The average molecular weight is 254 g/mol. The molecule has 0 amide bonds. The van der Waals surface area contributed by atoms with Gasteiger partial charge in [0.25, 0.3) is 0 Å². The molecule has 0 saturated heterocycles. The second-order valence-electron chi connectivity index (χ2n) is 4.64. The number of pyridine rings is 1. The van der Waals surface area contributed by atoms with E-state index < -0.39 is 0 Å². The Labute approximate surface area is 110 Å². The SMILES string of the molecule is Cc1nc2cccc(C)n2c1-c1cc(C=O)oc1C. The molecule has 4 heteroatoms. The number of carbonyl (C=O) groups excluding carboxylic acids is 1. The lowest BCUT2D eigenvalue weighted by molar-refractivity contribution is 0.109. The number of nitrogens with zero attached hydrogens (tertiary/aromatic N) is 2. The Balaban J connectivity index is 2.38. The highest BCUT2D eigenvalue weighted by atomic mass is 16.3. The van der Waals surface area contributed by atoms with E-state index in [2.05, 4.69) is 9.38 Å². The lowest BCUT2D eigenvalue weighted by atomic mass is 10.1. The van der Waals surface area contributed by atoms with Crippen LogP contribution < -0.4 is 0 Å². The predicted molar refractivity (Wildman–Crippen MR) is 72.5 cm³/mol. The van der Waals surface area contributed by atoms with Crippen LogP contribution in [0.3, 0.4) is 0 Å². The fraction of sp³-hybridized carbons (Fsp3) is 0.200. The maximum atomic E-state index is 10.8. The largest absolute Gasteiger partial charge is 0.458 e. The van der Waals surface area contributed by atoms with Gasteiger partial charge in [0, 0.05) is 11.3 Å². The molecule has 4 nitrogen and oxygen atoms in total. The fourth-order valence-electron chi connectivity index (χ4n) is 2.48. The summed E-state index contributed by atoms with van der Waals surface area (Å²) in [5.74, 6) is 1.07. The minimum absolute atomic E-state index is 0.343.